The lowest BCUT2D eigenvalue weighted by Crippen LogP contribution is -2.37. The molecule has 5 aromatic rings. The molecule has 17 heteroatoms. The third-order valence-corrected chi connectivity index (χ3v) is 7.32. The summed E-state index contributed by atoms with van der Waals surface area (Å²) in [6.45, 7) is 5.85. The topological polar surface area (TPSA) is 215 Å². The first kappa shape index (κ1) is 34.9. The lowest BCUT2D eigenvalue weighted by atomic mass is 9.99. The molecule has 4 aromatic heterocycles. The molecule has 4 heterocycles. The van der Waals surface area contributed by atoms with Crippen LogP contribution in [0.15, 0.2) is 53.6 Å². The highest BCUT2D eigenvalue weighted by molar-refractivity contribution is 6.07. The van der Waals surface area contributed by atoms with Crippen molar-refractivity contribution in [2.45, 2.75) is 39.9 Å². The van der Waals surface area contributed by atoms with Crippen molar-refractivity contribution in [2.75, 3.05) is 37.0 Å². The van der Waals surface area contributed by atoms with Gasteiger partial charge >= 0.3 is 18.1 Å². The summed E-state index contributed by atoms with van der Waals surface area (Å²) in [4.78, 5) is 61.3. The average Bonchev–Trinajstić information content (AvgIpc) is 3.70. The van der Waals surface area contributed by atoms with E-state index in [0.29, 0.717) is 16.7 Å². The van der Waals surface area contributed by atoms with Gasteiger partial charge in [-0.05, 0) is 45.9 Å². The van der Waals surface area contributed by atoms with Crippen LogP contribution in [0.25, 0.3) is 33.4 Å². The van der Waals surface area contributed by atoms with E-state index < -0.39 is 29.5 Å². The normalized spacial score (nSPS) is 11.3. The zero-order valence-corrected chi connectivity index (χ0v) is 28.1. The Hall–Kier alpha value is -6.39. The molecule has 0 atom stereocenters. The number of fused-ring (bicyclic) bond motifs is 1. The number of esters is 1. The van der Waals surface area contributed by atoms with Gasteiger partial charge in [-0.2, -0.15) is 9.78 Å². The van der Waals surface area contributed by atoms with Crippen molar-refractivity contribution in [3.8, 4) is 22.4 Å². The molecule has 0 saturated heterocycles. The maximum absolute atomic E-state index is 15.1. The molecule has 0 aliphatic rings. The molecule has 0 unspecified atom stereocenters. The summed E-state index contributed by atoms with van der Waals surface area (Å²) in [6, 6.07) is 4.96. The number of carbonyl (C=O) groups is 4. The molecule has 2 amide bonds. The highest BCUT2D eigenvalue weighted by Gasteiger charge is 2.25. The summed E-state index contributed by atoms with van der Waals surface area (Å²) in [5, 5.41) is 8.22. The van der Waals surface area contributed by atoms with E-state index in [2.05, 4.69) is 20.2 Å². The predicted molar refractivity (Wildman–Crippen MR) is 179 cm³/mol. The second kappa shape index (κ2) is 13.6. The lowest BCUT2D eigenvalue weighted by molar-refractivity contribution is -0.145. The first-order valence-electron chi connectivity index (χ1n) is 15.1. The summed E-state index contributed by atoms with van der Waals surface area (Å²) in [7, 11) is 2.88. The third-order valence-electron chi connectivity index (χ3n) is 7.32. The van der Waals surface area contributed by atoms with Gasteiger partial charge in [0.05, 0.1) is 17.3 Å². The monoisotopic (exact) mass is 687 g/mol. The van der Waals surface area contributed by atoms with Gasteiger partial charge in [-0.3, -0.25) is 19.5 Å². The predicted octanol–water partition coefficient (Wildman–Crippen LogP) is 4.67. The molecule has 0 fully saturated rings. The number of benzene rings is 1. The number of nitrogen functional groups attached to an aromatic ring is 2. The van der Waals surface area contributed by atoms with Crippen LogP contribution in [0.5, 0.6) is 0 Å². The maximum atomic E-state index is 15.1. The molecule has 0 radical (unpaired) electrons. The number of anilines is 3. The summed E-state index contributed by atoms with van der Waals surface area (Å²) in [5.41, 5.74) is 12.6. The Balaban J connectivity index is 1.36. The van der Waals surface area contributed by atoms with Gasteiger partial charge in [0.15, 0.2) is 17.2 Å². The summed E-state index contributed by atoms with van der Waals surface area (Å²) in [5.74, 6) is -1.68. The number of hydrogen-bond donors (Lipinski definition) is 2. The van der Waals surface area contributed by atoms with Crippen LogP contribution in [0, 0.1) is 5.82 Å². The number of amides is 2. The van der Waals surface area contributed by atoms with E-state index in [1.807, 2.05) is 0 Å². The number of carbonyl (C=O) groups excluding carboxylic acids is 4. The Morgan fingerprint density at radius 1 is 1.06 bits per heavy atom. The molecule has 0 aliphatic heterocycles. The zero-order valence-electron chi connectivity index (χ0n) is 28.1. The third kappa shape index (κ3) is 7.20. The largest absolute Gasteiger partial charge is 0.459 e. The molecule has 0 spiro atoms. The minimum Gasteiger partial charge on any atom is -0.459 e. The number of halogens is 1. The number of Topliss-reactive ketones (excluding diaryl/α,β-unsaturated/α-hetero) is 1. The molecular formula is C33H34FN9O7. The first-order valence-corrected chi connectivity index (χ1v) is 15.1. The minimum absolute atomic E-state index is 0.0195. The minimum atomic E-state index is -0.731. The number of ether oxygens (including phenoxy) is 2. The SMILES string of the molecule is CC(=O)c1cc(-c2ncc(-c3cnn(C(=O)N(C)c4ncccc4COC(=O)CN(C)C(=O)OC(C)(C)C)c3)c3onc(N)c23)c(F)cc1N. The number of rotatable bonds is 8. The number of aromatic nitrogens is 5. The van der Waals surface area contributed by atoms with E-state index in [1.165, 1.54) is 56.8 Å². The number of nitrogens with two attached hydrogens (primary N) is 2. The van der Waals surface area contributed by atoms with Gasteiger partial charge in [0.2, 0.25) is 0 Å². The van der Waals surface area contributed by atoms with E-state index in [0.717, 1.165) is 15.6 Å². The zero-order chi connectivity index (χ0) is 36.5. The molecular weight excluding hydrogens is 653 g/mol. The van der Waals surface area contributed by atoms with Crippen LogP contribution in [0.3, 0.4) is 0 Å². The molecule has 4 N–H and O–H groups in total. The van der Waals surface area contributed by atoms with E-state index >= 15 is 4.39 Å². The summed E-state index contributed by atoms with van der Waals surface area (Å²) < 4.78 is 32.3. The highest BCUT2D eigenvalue weighted by Crippen LogP contribution is 2.38. The van der Waals surface area contributed by atoms with Gasteiger partial charge in [0.25, 0.3) is 0 Å². The Labute approximate surface area is 284 Å². The van der Waals surface area contributed by atoms with Crippen molar-refractivity contribution < 1.29 is 37.6 Å². The van der Waals surface area contributed by atoms with Crippen LogP contribution >= 0.6 is 0 Å². The fourth-order valence-electron chi connectivity index (χ4n) is 4.91. The average molecular weight is 688 g/mol. The Morgan fingerprint density at radius 3 is 2.50 bits per heavy atom. The van der Waals surface area contributed by atoms with Crippen molar-refractivity contribution in [3.63, 3.8) is 0 Å². The van der Waals surface area contributed by atoms with Crippen molar-refractivity contribution in [1.82, 2.24) is 29.8 Å². The molecule has 0 bridgehead atoms. The smallest absolute Gasteiger partial charge is 0.410 e. The van der Waals surface area contributed by atoms with Crippen LogP contribution in [0.2, 0.25) is 0 Å². The molecule has 0 aliphatic carbocycles. The number of likely N-dealkylation sites (N-methyl/N-ethyl adjacent to an activating group) is 1. The van der Waals surface area contributed by atoms with E-state index in [9.17, 15) is 19.2 Å². The van der Waals surface area contributed by atoms with Gasteiger partial charge in [0, 0.05) is 66.2 Å². The standard InChI is InChI=1S/C33H34FN9O7/c1-17(44)20-10-21(23(34)11-24(20)35)27-26-28(50-40-29(26)36)22(13-38-27)19-12-39-43(14-19)31(46)42(6)30-18(8-7-9-37-30)16-48-25(45)15-41(5)32(47)49-33(2,3)4/h7-14H,15-16,35H2,1-6H3,(H2,36,40). The quantitative estimate of drug-likeness (QED) is 0.129. The number of nitrogens with zero attached hydrogens (tertiary/aromatic N) is 7. The Bertz CT molecular complexity index is 2140. The maximum Gasteiger partial charge on any atom is 0.410 e. The molecule has 16 nitrogen and oxygen atoms in total. The fraction of sp³-hybridized carbons (Fsp3) is 0.273. The Kier molecular flexibility index (Phi) is 9.51. The second-order valence-electron chi connectivity index (χ2n) is 12.3. The van der Waals surface area contributed by atoms with Crippen LogP contribution in [0.1, 0.15) is 43.6 Å². The van der Waals surface area contributed by atoms with Gasteiger partial charge in [0.1, 0.15) is 30.4 Å². The molecule has 260 valence electrons. The van der Waals surface area contributed by atoms with E-state index in [1.54, 1.807) is 32.9 Å². The number of hydrogen-bond acceptors (Lipinski definition) is 13. The van der Waals surface area contributed by atoms with Crippen LogP contribution in [-0.2, 0) is 20.9 Å². The molecule has 50 heavy (non-hydrogen) atoms. The number of pyridine rings is 2. The molecule has 0 saturated carbocycles. The van der Waals surface area contributed by atoms with E-state index in [4.69, 9.17) is 25.5 Å². The summed E-state index contributed by atoms with van der Waals surface area (Å²) >= 11 is 0. The number of ketones is 1. The van der Waals surface area contributed by atoms with Gasteiger partial charge in [-0.15, -0.1) is 0 Å². The molecule has 5 rings (SSSR count). The van der Waals surface area contributed by atoms with Crippen LogP contribution in [-0.4, -0.2) is 79.9 Å². The van der Waals surface area contributed by atoms with Crippen LogP contribution < -0.4 is 16.4 Å². The van der Waals surface area contributed by atoms with Gasteiger partial charge in [-0.25, -0.2) is 19.0 Å². The van der Waals surface area contributed by atoms with Crippen LogP contribution in [0.4, 0.5) is 31.3 Å². The van der Waals surface area contributed by atoms with Crippen molar-refractivity contribution in [1.29, 1.82) is 0 Å². The fourth-order valence-corrected chi connectivity index (χ4v) is 4.91. The van der Waals surface area contributed by atoms with Gasteiger partial charge in [-0.1, -0.05) is 11.2 Å². The van der Waals surface area contributed by atoms with Crippen molar-refractivity contribution in [3.05, 3.63) is 66.0 Å². The molecule has 1 aromatic carbocycles. The Morgan fingerprint density at radius 2 is 1.80 bits per heavy atom. The van der Waals surface area contributed by atoms with Crippen molar-refractivity contribution >= 4 is 52.2 Å². The highest BCUT2D eigenvalue weighted by atomic mass is 19.1. The summed E-state index contributed by atoms with van der Waals surface area (Å²) in [6.07, 6.45) is 4.98. The van der Waals surface area contributed by atoms with E-state index in [-0.39, 0.29) is 64.0 Å². The van der Waals surface area contributed by atoms with Crippen molar-refractivity contribution in [2.24, 2.45) is 0 Å². The second-order valence-corrected chi connectivity index (χ2v) is 12.3. The first-order chi connectivity index (χ1) is 23.6. The van der Waals surface area contributed by atoms with Gasteiger partial charge < -0.3 is 30.4 Å². The lowest BCUT2D eigenvalue weighted by Gasteiger charge is -2.24.